The number of hydrogen-bond acceptors (Lipinski definition) is 5. The predicted molar refractivity (Wildman–Crippen MR) is 120 cm³/mol. The van der Waals surface area contributed by atoms with Gasteiger partial charge in [0.2, 0.25) is 5.78 Å². The molecule has 8 heteroatoms. The van der Waals surface area contributed by atoms with Gasteiger partial charge < -0.3 is 0 Å². The molecule has 0 fully saturated rings. The van der Waals surface area contributed by atoms with Gasteiger partial charge in [-0.05, 0) is 42.8 Å². The number of nitrogens with zero attached hydrogens (tertiary/aromatic N) is 1. The maximum Gasteiger partial charge on any atom is 0.261 e. The molecule has 0 aromatic heterocycles. The van der Waals surface area contributed by atoms with E-state index >= 15 is 0 Å². The Morgan fingerprint density at radius 3 is 2.16 bits per heavy atom. The van der Waals surface area contributed by atoms with Gasteiger partial charge in [0, 0.05) is 11.1 Å². The van der Waals surface area contributed by atoms with Gasteiger partial charge in [-0.1, -0.05) is 42.5 Å². The number of rotatable bonds is 4. The van der Waals surface area contributed by atoms with Crippen molar-refractivity contribution in [3.8, 4) is 0 Å². The van der Waals surface area contributed by atoms with Gasteiger partial charge in [-0.2, -0.15) is 0 Å². The van der Waals surface area contributed by atoms with Gasteiger partial charge in [0.05, 0.1) is 16.3 Å². The van der Waals surface area contributed by atoms with E-state index in [-0.39, 0.29) is 21.7 Å². The topological polar surface area (TPSA) is 92.7 Å². The number of ketones is 2. The molecule has 0 aliphatic heterocycles. The monoisotopic (exact) mass is 452 g/mol. The Morgan fingerprint density at radius 2 is 1.48 bits per heavy atom. The fourth-order valence-corrected chi connectivity index (χ4v) is 4.64. The van der Waals surface area contributed by atoms with E-state index in [1.807, 2.05) is 6.07 Å². The molecule has 1 aliphatic rings. The molecule has 0 radical (unpaired) electrons. The van der Waals surface area contributed by atoms with E-state index in [1.54, 1.807) is 49.4 Å². The second-order valence-electron chi connectivity index (χ2n) is 7.01. The highest BCUT2D eigenvalue weighted by atomic mass is 35.5. The third kappa shape index (κ3) is 4.02. The van der Waals surface area contributed by atoms with Gasteiger partial charge in [-0.3, -0.25) is 14.3 Å². The number of Topliss-reactive ketones (excluding diaryl/α,β-unsaturated/α-hetero) is 2. The first-order chi connectivity index (χ1) is 14.8. The van der Waals surface area contributed by atoms with E-state index < -0.39 is 27.0 Å². The van der Waals surface area contributed by atoms with Crippen molar-refractivity contribution in [2.75, 3.05) is 4.72 Å². The highest BCUT2D eigenvalue weighted by Crippen LogP contribution is 2.27. The standard InChI is InChI=1S/C23H17ClN2O4S/c1-14-6-2-5-9-19(14)26-31(29,30)16-12-10-15(11-13-16)25-21-20(24)22(27)17-7-3-4-8-18(17)23(21)28/h2-13,20,26H,1H3. The molecule has 0 spiro atoms. The summed E-state index contributed by atoms with van der Waals surface area (Å²) in [6.07, 6.45) is 0. The van der Waals surface area contributed by atoms with Gasteiger partial charge >= 0.3 is 0 Å². The van der Waals surface area contributed by atoms with E-state index in [9.17, 15) is 18.0 Å². The SMILES string of the molecule is Cc1ccccc1NS(=O)(=O)c1ccc(N=C2C(=O)c3ccccc3C(=O)C2Cl)cc1. The molecule has 1 unspecified atom stereocenters. The number of carbonyl (C=O) groups excluding carboxylic acids is 2. The number of hydrogen-bond donors (Lipinski definition) is 1. The highest BCUT2D eigenvalue weighted by molar-refractivity contribution is 7.92. The number of para-hydroxylation sites is 1. The minimum atomic E-state index is -3.80. The maximum atomic E-state index is 12.8. The van der Waals surface area contributed by atoms with Crippen molar-refractivity contribution in [2.45, 2.75) is 17.2 Å². The second kappa shape index (κ2) is 8.09. The number of aryl methyl sites for hydroxylation is 1. The zero-order valence-electron chi connectivity index (χ0n) is 16.4. The van der Waals surface area contributed by atoms with Crippen LogP contribution in [0.1, 0.15) is 26.3 Å². The third-order valence-corrected chi connectivity index (χ3v) is 6.71. The molecule has 3 aromatic carbocycles. The summed E-state index contributed by atoms with van der Waals surface area (Å²) in [6, 6.07) is 19.2. The van der Waals surface area contributed by atoms with Gasteiger partial charge in [-0.15, -0.1) is 11.6 Å². The molecule has 0 amide bonds. The molecule has 3 aromatic rings. The smallest absolute Gasteiger partial charge is 0.261 e. The molecule has 1 aliphatic carbocycles. The van der Waals surface area contributed by atoms with E-state index in [0.717, 1.165) is 5.56 Å². The summed E-state index contributed by atoms with van der Waals surface area (Å²) in [5.74, 6) is -0.814. The third-order valence-electron chi connectivity index (χ3n) is 4.93. The van der Waals surface area contributed by atoms with Crippen LogP contribution >= 0.6 is 11.6 Å². The van der Waals surface area contributed by atoms with Crippen molar-refractivity contribution in [3.05, 3.63) is 89.5 Å². The summed E-state index contributed by atoms with van der Waals surface area (Å²) >= 11 is 6.21. The van der Waals surface area contributed by atoms with Gasteiger partial charge in [0.1, 0.15) is 11.1 Å². The number of halogens is 1. The molecule has 4 rings (SSSR count). The number of benzene rings is 3. The Balaban J connectivity index is 1.63. The molecule has 156 valence electrons. The number of sulfonamides is 1. The summed E-state index contributed by atoms with van der Waals surface area (Å²) in [4.78, 5) is 29.6. The van der Waals surface area contributed by atoms with Crippen LogP contribution < -0.4 is 4.72 Å². The van der Waals surface area contributed by atoms with E-state index in [2.05, 4.69) is 9.71 Å². The first kappa shape index (κ1) is 21.0. The van der Waals surface area contributed by atoms with Crippen molar-refractivity contribution < 1.29 is 18.0 Å². The Morgan fingerprint density at radius 1 is 0.871 bits per heavy atom. The van der Waals surface area contributed by atoms with Gasteiger partial charge in [-0.25, -0.2) is 13.4 Å². The number of aliphatic imine (C=N–C) groups is 1. The van der Waals surface area contributed by atoms with Crippen LogP contribution in [-0.2, 0) is 10.0 Å². The molecule has 31 heavy (non-hydrogen) atoms. The van der Waals surface area contributed by atoms with Crippen molar-refractivity contribution in [2.24, 2.45) is 4.99 Å². The average Bonchev–Trinajstić information content (AvgIpc) is 2.77. The Bertz CT molecular complexity index is 1330. The zero-order chi connectivity index (χ0) is 22.2. The Labute approximate surface area is 184 Å². The van der Waals surface area contributed by atoms with Crippen LogP contribution in [0.5, 0.6) is 0 Å². The van der Waals surface area contributed by atoms with E-state index in [0.29, 0.717) is 11.4 Å². The summed E-state index contributed by atoms with van der Waals surface area (Å²) in [5.41, 5.74) is 2.04. The first-order valence-corrected chi connectivity index (χ1v) is 11.3. The maximum absolute atomic E-state index is 12.8. The molecule has 0 saturated carbocycles. The average molecular weight is 453 g/mol. The lowest BCUT2D eigenvalue weighted by molar-refractivity contribution is 0.0968. The zero-order valence-corrected chi connectivity index (χ0v) is 17.9. The molecule has 0 heterocycles. The molecular formula is C23H17ClN2O4S. The minimum absolute atomic E-state index is 0.0403. The van der Waals surface area contributed by atoms with Crippen LogP contribution in [0.3, 0.4) is 0 Å². The fraction of sp³-hybridized carbons (Fsp3) is 0.0870. The highest BCUT2D eigenvalue weighted by Gasteiger charge is 2.37. The second-order valence-corrected chi connectivity index (χ2v) is 9.13. The lowest BCUT2D eigenvalue weighted by Crippen LogP contribution is -2.37. The lowest BCUT2D eigenvalue weighted by Gasteiger charge is -2.19. The molecule has 1 N–H and O–H groups in total. The number of nitrogens with one attached hydrogen (secondary N) is 1. The molecule has 0 bridgehead atoms. The number of fused-ring (bicyclic) bond motifs is 1. The van der Waals surface area contributed by atoms with Crippen LogP contribution in [0.2, 0.25) is 0 Å². The molecule has 1 atom stereocenters. The van der Waals surface area contributed by atoms with Gasteiger partial charge in [0.25, 0.3) is 10.0 Å². The fourth-order valence-electron chi connectivity index (χ4n) is 3.25. The van der Waals surface area contributed by atoms with Crippen LogP contribution in [0.4, 0.5) is 11.4 Å². The van der Waals surface area contributed by atoms with Crippen molar-refractivity contribution in [3.63, 3.8) is 0 Å². The molecular weight excluding hydrogens is 436 g/mol. The number of alkyl halides is 1. The summed E-state index contributed by atoms with van der Waals surface area (Å²) in [6.45, 7) is 1.81. The summed E-state index contributed by atoms with van der Waals surface area (Å²) < 4.78 is 27.9. The molecule has 0 saturated heterocycles. The quantitative estimate of drug-likeness (QED) is 0.587. The van der Waals surface area contributed by atoms with Crippen LogP contribution in [0, 0.1) is 6.92 Å². The largest absolute Gasteiger partial charge is 0.292 e. The first-order valence-electron chi connectivity index (χ1n) is 9.37. The van der Waals surface area contributed by atoms with Crippen LogP contribution in [0.15, 0.2) is 82.7 Å². The Kier molecular flexibility index (Phi) is 5.47. The van der Waals surface area contributed by atoms with Crippen molar-refractivity contribution in [1.29, 1.82) is 0 Å². The van der Waals surface area contributed by atoms with Crippen molar-refractivity contribution in [1.82, 2.24) is 0 Å². The number of carbonyl (C=O) groups is 2. The van der Waals surface area contributed by atoms with E-state index in [1.165, 1.54) is 24.3 Å². The predicted octanol–water partition coefficient (Wildman–Crippen LogP) is 4.55. The molecule has 6 nitrogen and oxygen atoms in total. The van der Waals surface area contributed by atoms with Gasteiger partial charge in [0.15, 0.2) is 5.78 Å². The summed E-state index contributed by atoms with van der Waals surface area (Å²) in [7, 11) is -3.80. The summed E-state index contributed by atoms with van der Waals surface area (Å²) in [5, 5.41) is -1.20. The number of anilines is 1. The van der Waals surface area contributed by atoms with Crippen LogP contribution in [-0.4, -0.2) is 31.1 Å². The Hall–Kier alpha value is -3.29. The van der Waals surface area contributed by atoms with E-state index in [4.69, 9.17) is 11.6 Å². The minimum Gasteiger partial charge on any atom is -0.292 e. The normalized spacial score (nSPS) is 17.5. The van der Waals surface area contributed by atoms with Crippen LogP contribution in [0.25, 0.3) is 0 Å². The van der Waals surface area contributed by atoms with Crippen molar-refractivity contribution >= 4 is 50.3 Å². The lowest BCUT2D eigenvalue weighted by atomic mass is 9.88.